The van der Waals surface area contributed by atoms with Gasteiger partial charge in [-0.05, 0) is 49.7 Å². The van der Waals surface area contributed by atoms with Crippen LogP contribution in [-0.2, 0) is 11.3 Å². The Hall–Kier alpha value is -2.28. The zero-order valence-corrected chi connectivity index (χ0v) is 15.6. The van der Waals surface area contributed by atoms with Crippen LogP contribution in [0.15, 0.2) is 36.4 Å². The molecular formula is C18H16Cl2N2O4. The molecule has 3 rings (SSSR count). The highest BCUT2D eigenvalue weighted by atomic mass is 35.5. The summed E-state index contributed by atoms with van der Waals surface area (Å²) in [6.45, 7) is 3.57. The van der Waals surface area contributed by atoms with Gasteiger partial charge in [-0.15, -0.1) is 0 Å². The predicted molar refractivity (Wildman–Crippen MR) is 98.1 cm³/mol. The number of benzene rings is 2. The van der Waals surface area contributed by atoms with Crippen molar-refractivity contribution in [2.45, 2.75) is 26.0 Å². The number of amides is 2. The van der Waals surface area contributed by atoms with E-state index in [9.17, 15) is 9.59 Å². The molecule has 6 nitrogen and oxygen atoms in total. The van der Waals surface area contributed by atoms with Crippen LogP contribution in [0, 0.1) is 0 Å². The van der Waals surface area contributed by atoms with Gasteiger partial charge < -0.3 is 9.64 Å². The van der Waals surface area contributed by atoms with Crippen LogP contribution in [0.2, 0.25) is 10.0 Å². The van der Waals surface area contributed by atoms with E-state index in [1.54, 1.807) is 43.6 Å². The maximum absolute atomic E-state index is 12.9. The molecule has 0 bridgehead atoms. The second-order valence-corrected chi connectivity index (χ2v) is 7.19. The number of hydroxylamine groups is 1. The molecule has 2 aromatic carbocycles. The Bertz CT molecular complexity index is 899. The first-order chi connectivity index (χ1) is 12.2. The highest BCUT2D eigenvalue weighted by molar-refractivity contribution is 6.42. The fourth-order valence-electron chi connectivity index (χ4n) is 2.75. The number of rotatable bonds is 3. The molecule has 0 fully saturated rings. The molecule has 0 aliphatic carbocycles. The molecule has 0 radical (unpaired) electrons. The molecule has 26 heavy (non-hydrogen) atoms. The van der Waals surface area contributed by atoms with Gasteiger partial charge in [0.15, 0.2) is 5.60 Å². The molecule has 136 valence electrons. The number of hydrogen-bond donors (Lipinski definition) is 2. The van der Waals surface area contributed by atoms with Crippen LogP contribution in [0.5, 0.6) is 5.75 Å². The first kappa shape index (κ1) is 18.5. The number of anilines is 1. The highest BCUT2D eigenvalue weighted by Crippen LogP contribution is 2.39. The molecule has 0 spiro atoms. The summed E-state index contributed by atoms with van der Waals surface area (Å²) in [5, 5.41) is 9.66. The van der Waals surface area contributed by atoms with Gasteiger partial charge in [-0.3, -0.25) is 14.8 Å². The van der Waals surface area contributed by atoms with Crippen molar-refractivity contribution in [3.63, 3.8) is 0 Å². The minimum atomic E-state index is -1.07. The molecule has 8 heteroatoms. The topological polar surface area (TPSA) is 78.9 Å². The minimum absolute atomic E-state index is 0.196. The average molecular weight is 395 g/mol. The van der Waals surface area contributed by atoms with Crippen LogP contribution >= 0.6 is 23.2 Å². The first-order valence-electron chi connectivity index (χ1n) is 7.76. The molecule has 2 aromatic rings. The van der Waals surface area contributed by atoms with E-state index in [2.05, 4.69) is 0 Å². The first-order valence-corrected chi connectivity index (χ1v) is 8.52. The van der Waals surface area contributed by atoms with Crippen LogP contribution in [0.1, 0.15) is 29.8 Å². The largest absolute Gasteiger partial charge is 0.476 e. The molecular weight excluding hydrogens is 379 g/mol. The summed E-state index contributed by atoms with van der Waals surface area (Å²) in [4.78, 5) is 26.1. The fourth-order valence-corrected chi connectivity index (χ4v) is 3.07. The maximum Gasteiger partial charge on any atom is 0.274 e. The molecule has 2 amide bonds. The third kappa shape index (κ3) is 3.35. The number of nitrogens with one attached hydrogen (secondary N) is 1. The molecule has 1 aliphatic heterocycles. The van der Waals surface area contributed by atoms with Gasteiger partial charge in [-0.2, -0.15) is 0 Å². The number of ether oxygens (including phenoxy) is 1. The summed E-state index contributed by atoms with van der Waals surface area (Å²) in [5.74, 6) is -0.485. The van der Waals surface area contributed by atoms with Crippen molar-refractivity contribution in [2.24, 2.45) is 0 Å². The molecule has 1 heterocycles. The van der Waals surface area contributed by atoms with Crippen molar-refractivity contribution in [1.29, 1.82) is 0 Å². The Morgan fingerprint density at radius 2 is 1.92 bits per heavy atom. The third-order valence-corrected chi connectivity index (χ3v) is 4.80. The number of halogens is 2. The van der Waals surface area contributed by atoms with E-state index in [0.717, 1.165) is 5.56 Å². The van der Waals surface area contributed by atoms with Gasteiger partial charge in [0.1, 0.15) is 5.75 Å². The lowest BCUT2D eigenvalue weighted by atomic mass is 10.0. The minimum Gasteiger partial charge on any atom is -0.476 e. The van der Waals surface area contributed by atoms with Gasteiger partial charge in [0, 0.05) is 5.56 Å². The van der Waals surface area contributed by atoms with E-state index in [4.69, 9.17) is 33.1 Å². The van der Waals surface area contributed by atoms with Crippen LogP contribution in [0.3, 0.4) is 0 Å². The van der Waals surface area contributed by atoms with Crippen molar-refractivity contribution in [2.75, 3.05) is 4.90 Å². The predicted octanol–water partition coefficient (Wildman–Crippen LogP) is 3.82. The smallest absolute Gasteiger partial charge is 0.274 e. The number of fused-ring (bicyclic) bond motifs is 1. The molecule has 2 N–H and O–H groups in total. The second kappa shape index (κ2) is 6.79. The van der Waals surface area contributed by atoms with Gasteiger partial charge in [0.05, 0.1) is 22.3 Å². The van der Waals surface area contributed by atoms with Crippen molar-refractivity contribution in [3.8, 4) is 5.75 Å². The van der Waals surface area contributed by atoms with E-state index in [-0.39, 0.29) is 18.0 Å². The summed E-state index contributed by atoms with van der Waals surface area (Å²) in [6.07, 6.45) is 0. The monoisotopic (exact) mass is 394 g/mol. The molecule has 0 unspecified atom stereocenters. The highest BCUT2D eigenvalue weighted by Gasteiger charge is 2.41. The summed E-state index contributed by atoms with van der Waals surface area (Å²) in [6, 6.07) is 9.71. The number of hydrogen-bond acceptors (Lipinski definition) is 4. The van der Waals surface area contributed by atoms with Crippen molar-refractivity contribution in [1.82, 2.24) is 5.48 Å². The molecule has 0 atom stereocenters. The standard InChI is InChI=1S/C18H16Cl2N2O4/c1-18(2)17(24)22(9-10-3-5-12(19)13(20)7-10)14-8-11(16(23)21-25)4-6-15(14)26-18/h3-8,25H,9H2,1-2H3,(H,21,23). The molecule has 0 saturated heterocycles. The van der Waals surface area contributed by atoms with Crippen LogP contribution in [0.25, 0.3) is 0 Å². The van der Waals surface area contributed by atoms with Gasteiger partial charge in [0.2, 0.25) is 0 Å². The number of carbonyl (C=O) groups is 2. The molecule has 0 aromatic heterocycles. The maximum atomic E-state index is 12.9. The van der Waals surface area contributed by atoms with Crippen molar-refractivity contribution < 1.29 is 19.5 Å². The Morgan fingerprint density at radius 3 is 2.58 bits per heavy atom. The lowest BCUT2D eigenvalue weighted by molar-refractivity contribution is -0.132. The van der Waals surface area contributed by atoms with Crippen LogP contribution in [0.4, 0.5) is 5.69 Å². The van der Waals surface area contributed by atoms with E-state index in [1.165, 1.54) is 17.0 Å². The Balaban J connectivity index is 2.06. The van der Waals surface area contributed by atoms with Crippen molar-refractivity contribution in [3.05, 3.63) is 57.6 Å². The van der Waals surface area contributed by atoms with Gasteiger partial charge in [-0.25, -0.2) is 5.48 Å². The summed E-state index contributed by atoms with van der Waals surface area (Å²) >= 11 is 12.0. The Kier molecular flexibility index (Phi) is 4.84. The van der Waals surface area contributed by atoms with Crippen molar-refractivity contribution >= 4 is 40.7 Å². The van der Waals surface area contributed by atoms with Crippen LogP contribution < -0.4 is 15.1 Å². The van der Waals surface area contributed by atoms with E-state index >= 15 is 0 Å². The zero-order chi connectivity index (χ0) is 19.1. The van der Waals surface area contributed by atoms with E-state index in [1.807, 2.05) is 0 Å². The number of nitrogens with zero attached hydrogens (tertiary/aromatic N) is 1. The van der Waals surface area contributed by atoms with E-state index < -0.39 is 11.5 Å². The van der Waals surface area contributed by atoms with Crippen LogP contribution in [-0.4, -0.2) is 22.6 Å². The number of carbonyl (C=O) groups excluding carboxylic acids is 2. The molecule has 1 aliphatic rings. The van der Waals surface area contributed by atoms with E-state index in [0.29, 0.717) is 21.5 Å². The van der Waals surface area contributed by atoms with Gasteiger partial charge in [0.25, 0.3) is 11.8 Å². The van der Waals surface area contributed by atoms with Gasteiger partial charge >= 0.3 is 0 Å². The second-order valence-electron chi connectivity index (χ2n) is 6.38. The Morgan fingerprint density at radius 1 is 1.19 bits per heavy atom. The summed E-state index contributed by atoms with van der Waals surface area (Å²) in [5.41, 5.74) is 1.91. The zero-order valence-electron chi connectivity index (χ0n) is 14.0. The third-order valence-electron chi connectivity index (χ3n) is 4.06. The van der Waals surface area contributed by atoms with Gasteiger partial charge in [-0.1, -0.05) is 29.3 Å². The normalized spacial score (nSPS) is 15.3. The SMILES string of the molecule is CC1(C)Oc2ccc(C(=O)NO)cc2N(Cc2ccc(Cl)c(Cl)c2)C1=O. The Labute approximate surface area is 160 Å². The lowest BCUT2D eigenvalue weighted by Gasteiger charge is -2.39. The lowest BCUT2D eigenvalue weighted by Crippen LogP contribution is -2.52. The summed E-state index contributed by atoms with van der Waals surface area (Å²) in [7, 11) is 0. The average Bonchev–Trinajstić information content (AvgIpc) is 2.60. The molecule has 0 saturated carbocycles. The quantitative estimate of drug-likeness (QED) is 0.612. The fraction of sp³-hybridized carbons (Fsp3) is 0.222. The summed E-state index contributed by atoms with van der Waals surface area (Å²) < 4.78 is 5.78.